The van der Waals surface area contributed by atoms with E-state index in [0.717, 1.165) is 15.9 Å². The summed E-state index contributed by atoms with van der Waals surface area (Å²) in [4.78, 5) is 13.8. The maximum Gasteiger partial charge on any atom is 0.229 e. The number of fused-ring (bicyclic) bond motifs is 1. The molecule has 2 rings (SSSR count). The largest absolute Gasteiger partial charge is 0.490 e. The first-order valence-electron chi connectivity index (χ1n) is 5.33. The highest BCUT2D eigenvalue weighted by atomic mass is 79.9. The summed E-state index contributed by atoms with van der Waals surface area (Å²) in [6, 6.07) is 5.73. The number of carbonyl (C=O) groups is 1. The number of hydrogen-bond donors (Lipinski definition) is 0. The van der Waals surface area contributed by atoms with E-state index in [-0.39, 0.29) is 11.8 Å². The van der Waals surface area contributed by atoms with E-state index in [9.17, 15) is 4.79 Å². The number of benzene rings is 1. The van der Waals surface area contributed by atoms with Gasteiger partial charge in [0, 0.05) is 10.4 Å². The van der Waals surface area contributed by atoms with Crippen molar-refractivity contribution in [1.82, 2.24) is 0 Å². The van der Waals surface area contributed by atoms with E-state index in [1.165, 1.54) is 0 Å². The van der Waals surface area contributed by atoms with E-state index in [1.807, 2.05) is 32.0 Å². The summed E-state index contributed by atoms with van der Waals surface area (Å²) in [6.07, 6.45) is 0. The second-order valence-electron chi connectivity index (χ2n) is 4.11. The SMILES string of the molecule is CC(C)C(=O)N1CCOc2ccc(Br)cc21. The Bertz CT molecular complexity index is 417. The molecule has 86 valence electrons. The summed E-state index contributed by atoms with van der Waals surface area (Å²) in [7, 11) is 0. The zero-order valence-electron chi connectivity index (χ0n) is 9.37. The third kappa shape index (κ3) is 2.07. The van der Waals surface area contributed by atoms with Crippen molar-refractivity contribution in [3.05, 3.63) is 22.7 Å². The first kappa shape index (κ1) is 11.5. The molecule has 4 heteroatoms. The Labute approximate surface area is 104 Å². The highest BCUT2D eigenvalue weighted by Crippen LogP contribution is 2.34. The van der Waals surface area contributed by atoms with Crippen LogP contribution < -0.4 is 9.64 Å². The quantitative estimate of drug-likeness (QED) is 0.793. The summed E-state index contributed by atoms with van der Waals surface area (Å²) >= 11 is 3.41. The Morgan fingerprint density at radius 2 is 2.25 bits per heavy atom. The molecule has 1 aliphatic heterocycles. The number of carbonyl (C=O) groups excluding carboxylic acids is 1. The van der Waals surface area contributed by atoms with Gasteiger partial charge in [-0.15, -0.1) is 0 Å². The fourth-order valence-corrected chi connectivity index (χ4v) is 2.08. The smallest absolute Gasteiger partial charge is 0.229 e. The van der Waals surface area contributed by atoms with Crippen molar-refractivity contribution in [2.45, 2.75) is 13.8 Å². The Kier molecular flexibility index (Phi) is 3.19. The molecule has 0 aliphatic carbocycles. The molecule has 0 saturated carbocycles. The number of nitrogens with zero attached hydrogens (tertiary/aromatic N) is 1. The van der Waals surface area contributed by atoms with E-state index in [1.54, 1.807) is 4.90 Å². The molecule has 0 N–H and O–H groups in total. The summed E-state index contributed by atoms with van der Waals surface area (Å²) < 4.78 is 6.48. The maximum atomic E-state index is 12.0. The van der Waals surface area contributed by atoms with Gasteiger partial charge in [0.05, 0.1) is 12.2 Å². The molecular formula is C12H14BrNO2. The molecule has 0 spiro atoms. The molecule has 0 aromatic heterocycles. The molecule has 0 bridgehead atoms. The van der Waals surface area contributed by atoms with Crippen molar-refractivity contribution in [2.24, 2.45) is 5.92 Å². The third-order valence-corrected chi connectivity index (χ3v) is 3.04. The van der Waals surface area contributed by atoms with Crippen LogP contribution in [0.5, 0.6) is 5.75 Å². The highest BCUT2D eigenvalue weighted by molar-refractivity contribution is 9.10. The van der Waals surface area contributed by atoms with Crippen LogP contribution in [0.2, 0.25) is 0 Å². The van der Waals surface area contributed by atoms with Crippen LogP contribution in [-0.2, 0) is 4.79 Å². The average molecular weight is 284 g/mol. The topological polar surface area (TPSA) is 29.5 Å². The summed E-state index contributed by atoms with van der Waals surface area (Å²) in [5.74, 6) is 0.927. The number of hydrogen-bond acceptors (Lipinski definition) is 2. The lowest BCUT2D eigenvalue weighted by atomic mass is 10.1. The van der Waals surface area contributed by atoms with Gasteiger partial charge in [0.1, 0.15) is 12.4 Å². The molecule has 0 fully saturated rings. The molecule has 1 heterocycles. The highest BCUT2D eigenvalue weighted by Gasteiger charge is 2.25. The van der Waals surface area contributed by atoms with Crippen molar-refractivity contribution < 1.29 is 9.53 Å². The van der Waals surface area contributed by atoms with Gasteiger partial charge in [0.15, 0.2) is 0 Å². The minimum absolute atomic E-state index is 0.00457. The lowest BCUT2D eigenvalue weighted by Crippen LogP contribution is -2.40. The van der Waals surface area contributed by atoms with Gasteiger partial charge in [0.25, 0.3) is 0 Å². The van der Waals surface area contributed by atoms with Gasteiger partial charge in [-0.25, -0.2) is 0 Å². The van der Waals surface area contributed by atoms with Crippen LogP contribution in [0, 0.1) is 5.92 Å². The van der Waals surface area contributed by atoms with E-state index in [4.69, 9.17) is 4.74 Å². The molecule has 1 amide bonds. The van der Waals surface area contributed by atoms with Crippen molar-refractivity contribution in [2.75, 3.05) is 18.1 Å². The predicted octanol–water partition coefficient (Wildman–Crippen LogP) is 2.83. The normalized spacial score (nSPS) is 14.6. The molecular weight excluding hydrogens is 270 g/mol. The summed E-state index contributed by atoms with van der Waals surface area (Å²) in [5, 5.41) is 0. The van der Waals surface area contributed by atoms with Crippen LogP contribution in [0.4, 0.5) is 5.69 Å². The Hall–Kier alpha value is -1.03. The Morgan fingerprint density at radius 1 is 1.50 bits per heavy atom. The number of ether oxygens (including phenoxy) is 1. The van der Waals surface area contributed by atoms with Crippen LogP contribution in [0.1, 0.15) is 13.8 Å². The molecule has 3 nitrogen and oxygen atoms in total. The molecule has 0 unspecified atom stereocenters. The standard InChI is InChI=1S/C12H14BrNO2/c1-8(2)12(15)14-5-6-16-11-4-3-9(13)7-10(11)14/h3-4,7-8H,5-6H2,1-2H3. The van der Waals surface area contributed by atoms with E-state index in [0.29, 0.717) is 13.2 Å². The molecule has 16 heavy (non-hydrogen) atoms. The van der Waals surface area contributed by atoms with Gasteiger partial charge in [-0.3, -0.25) is 4.79 Å². The number of amides is 1. The number of anilines is 1. The molecule has 0 saturated heterocycles. The van der Waals surface area contributed by atoms with E-state index in [2.05, 4.69) is 15.9 Å². The van der Waals surface area contributed by atoms with Crippen molar-refractivity contribution in [3.63, 3.8) is 0 Å². The minimum Gasteiger partial charge on any atom is -0.490 e. The van der Waals surface area contributed by atoms with Crippen molar-refractivity contribution in [3.8, 4) is 5.75 Å². The summed E-state index contributed by atoms with van der Waals surface area (Å²) in [5.41, 5.74) is 0.860. The second kappa shape index (κ2) is 4.45. The predicted molar refractivity (Wildman–Crippen MR) is 66.8 cm³/mol. The van der Waals surface area contributed by atoms with Gasteiger partial charge in [0.2, 0.25) is 5.91 Å². The van der Waals surface area contributed by atoms with Crippen LogP contribution in [0.15, 0.2) is 22.7 Å². The molecule has 1 aromatic rings. The van der Waals surface area contributed by atoms with Crippen molar-refractivity contribution >= 4 is 27.5 Å². The molecule has 1 aromatic carbocycles. The second-order valence-corrected chi connectivity index (χ2v) is 5.02. The fourth-order valence-electron chi connectivity index (χ4n) is 1.73. The fraction of sp³-hybridized carbons (Fsp3) is 0.417. The lowest BCUT2D eigenvalue weighted by Gasteiger charge is -2.30. The van der Waals surface area contributed by atoms with Gasteiger partial charge >= 0.3 is 0 Å². The summed E-state index contributed by atoms with van der Waals surface area (Å²) in [6.45, 7) is 5.01. The molecule has 1 aliphatic rings. The molecule has 0 atom stereocenters. The maximum absolute atomic E-state index is 12.0. The number of halogens is 1. The van der Waals surface area contributed by atoms with Crippen LogP contribution in [0.3, 0.4) is 0 Å². The minimum atomic E-state index is 0.00457. The van der Waals surface area contributed by atoms with E-state index < -0.39 is 0 Å². The van der Waals surface area contributed by atoms with Crippen LogP contribution in [-0.4, -0.2) is 19.1 Å². The lowest BCUT2D eigenvalue weighted by molar-refractivity contribution is -0.121. The monoisotopic (exact) mass is 283 g/mol. The van der Waals surface area contributed by atoms with Gasteiger partial charge < -0.3 is 9.64 Å². The molecule has 0 radical (unpaired) electrons. The van der Waals surface area contributed by atoms with Gasteiger partial charge in [-0.05, 0) is 18.2 Å². The number of rotatable bonds is 1. The third-order valence-electron chi connectivity index (χ3n) is 2.54. The average Bonchev–Trinajstić information content (AvgIpc) is 2.27. The van der Waals surface area contributed by atoms with E-state index >= 15 is 0 Å². The first-order valence-corrected chi connectivity index (χ1v) is 6.12. The van der Waals surface area contributed by atoms with Gasteiger partial charge in [-0.2, -0.15) is 0 Å². The first-order chi connectivity index (χ1) is 7.59. The van der Waals surface area contributed by atoms with Crippen LogP contribution in [0.25, 0.3) is 0 Å². The zero-order valence-corrected chi connectivity index (χ0v) is 11.0. The Morgan fingerprint density at radius 3 is 2.94 bits per heavy atom. The Balaban J connectivity index is 2.39. The van der Waals surface area contributed by atoms with Crippen molar-refractivity contribution in [1.29, 1.82) is 0 Å². The van der Waals surface area contributed by atoms with Gasteiger partial charge in [-0.1, -0.05) is 29.8 Å². The zero-order chi connectivity index (χ0) is 11.7. The van der Waals surface area contributed by atoms with Crippen LogP contribution >= 0.6 is 15.9 Å².